The average molecular weight is 308 g/mol. The Kier molecular flexibility index (Phi) is 4.94. The van der Waals surface area contributed by atoms with Gasteiger partial charge in [0.15, 0.2) is 11.5 Å². The lowest BCUT2D eigenvalue weighted by Gasteiger charge is -2.19. The quantitative estimate of drug-likeness (QED) is 0.919. The molecule has 1 atom stereocenters. The molecule has 0 saturated carbocycles. The summed E-state index contributed by atoms with van der Waals surface area (Å²) in [7, 11) is 4.75. The molecule has 0 amide bonds. The van der Waals surface area contributed by atoms with Crippen LogP contribution in [0.4, 0.5) is 0 Å². The highest BCUT2D eigenvalue weighted by Crippen LogP contribution is 2.38. The van der Waals surface area contributed by atoms with Crippen molar-refractivity contribution in [1.29, 1.82) is 0 Å². The maximum Gasteiger partial charge on any atom is 0.162 e. The molecular formula is C16H18ClNO3. The molecule has 0 aliphatic rings. The lowest BCUT2D eigenvalue weighted by molar-refractivity contribution is 0.354. The molecule has 0 fully saturated rings. The van der Waals surface area contributed by atoms with Gasteiger partial charge < -0.3 is 19.9 Å². The average Bonchev–Trinajstić information content (AvgIpc) is 2.53. The van der Waals surface area contributed by atoms with E-state index in [1.807, 2.05) is 24.3 Å². The summed E-state index contributed by atoms with van der Waals surface area (Å²) in [4.78, 5) is 0. The number of hydrogen-bond acceptors (Lipinski definition) is 4. The first kappa shape index (κ1) is 15.5. The molecule has 0 saturated heterocycles. The van der Waals surface area contributed by atoms with E-state index < -0.39 is 6.04 Å². The van der Waals surface area contributed by atoms with Crippen molar-refractivity contribution in [3.63, 3.8) is 0 Å². The van der Waals surface area contributed by atoms with Crippen molar-refractivity contribution in [1.82, 2.24) is 0 Å². The van der Waals surface area contributed by atoms with Crippen molar-refractivity contribution in [3.05, 3.63) is 52.5 Å². The predicted molar refractivity (Wildman–Crippen MR) is 83.6 cm³/mol. The number of halogens is 1. The normalized spacial score (nSPS) is 11.9. The fraction of sp³-hybridized carbons (Fsp3) is 0.250. The minimum atomic E-state index is -0.423. The summed E-state index contributed by atoms with van der Waals surface area (Å²) in [6.07, 6.45) is 0. The Morgan fingerprint density at radius 2 is 1.43 bits per heavy atom. The zero-order valence-corrected chi connectivity index (χ0v) is 13.0. The van der Waals surface area contributed by atoms with Gasteiger partial charge in [-0.15, -0.1) is 0 Å². The van der Waals surface area contributed by atoms with Crippen molar-refractivity contribution in [2.75, 3.05) is 21.3 Å². The van der Waals surface area contributed by atoms with Crippen LogP contribution in [-0.4, -0.2) is 21.3 Å². The molecule has 2 rings (SSSR count). The van der Waals surface area contributed by atoms with E-state index in [0.29, 0.717) is 16.5 Å². The molecule has 1 unspecified atom stereocenters. The molecule has 4 nitrogen and oxygen atoms in total. The van der Waals surface area contributed by atoms with Crippen LogP contribution in [0.3, 0.4) is 0 Å². The summed E-state index contributed by atoms with van der Waals surface area (Å²) in [5.74, 6) is 1.87. The standard InChI is InChI=1S/C16H18ClNO3/c1-19-13-7-5-4-6-10(13)16(18)11-8-14(20-2)15(21-3)9-12(11)17/h4-9,16H,18H2,1-3H3. The van der Waals surface area contributed by atoms with Gasteiger partial charge in [0.2, 0.25) is 0 Å². The number of hydrogen-bond donors (Lipinski definition) is 1. The molecule has 112 valence electrons. The van der Waals surface area contributed by atoms with Crippen molar-refractivity contribution in [2.45, 2.75) is 6.04 Å². The van der Waals surface area contributed by atoms with Crippen molar-refractivity contribution in [3.8, 4) is 17.2 Å². The molecule has 0 heterocycles. The minimum Gasteiger partial charge on any atom is -0.496 e. The SMILES string of the molecule is COc1cc(Cl)c(C(N)c2ccccc2OC)cc1OC. The molecule has 2 aromatic carbocycles. The highest BCUT2D eigenvalue weighted by atomic mass is 35.5. The molecule has 0 bridgehead atoms. The van der Waals surface area contributed by atoms with Crippen LogP contribution in [0, 0.1) is 0 Å². The minimum absolute atomic E-state index is 0.423. The smallest absolute Gasteiger partial charge is 0.162 e. The van der Waals surface area contributed by atoms with Crippen LogP contribution in [0.2, 0.25) is 5.02 Å². The maximum atomic E-state index is 6.35. The highest BCUT2D eigenvalue weighted by molar-refractivity contribution is 6.31. The van der Waals surface area contributed by atoms with Crippen LogP contribution in [0.15, 0.2) is 36.4 Å². The van der Waals surface area contributed by atoms with Gasteiger partial charge in [-0.3, -0.25) is 0 Å². The van der Waals surface area contributed by atoms with E-state index in [2.05, 4.69) is 0 Å². The Labute approximate surface area is 129 Å². The zero-order chi connectivity index (χ0) is 15.4. The van der Waals surface area contributed by atoms with Crippen LogP contribution in [0.1, 0.15) is 17.2 Å². The molecule has 0 spiro atoms. The molecular weight excluding hydrogens is 290 g/mol. The molecule has 2 N–H and O–H groups in total. The number of ether oxygens (including phenoxy) is 3. The van der Waals surface area contributed by atoms with Gasteiger partial charge in [0.25, 0.3) is 0 Å². The predicted octanol–water partition coefficient (Wildman–Crippen LogP) is 3.41. The maximum absolute atomic E-state index is 6.35. The summed E-state index contributed by atoms with van der Waals surface area (Å²) in [5.41, 5.74) is 7.95. The molecule has 0 aliphatic heterocycles. The Bertz CT molecular complexity index is 631. The van der Waals surface area contributed by atoms with Gasteiger partial charge >= 0.3 is 0 Å². The van der Waals surface area contributed by atoms with Crippen molar-refractivity contribution in [2.24, 2.45) is 5.73 Å². The first-order valence-electron chi connectivity index (χ1n) is 6.42. The van der Waals surface area contributed by atoms with Crippen LogP contribution in [-0.2, 0) is 0 Å². The van der Waals surface area contributed by atoms with E-state index >= 15 is 0 Å². The summed E-state index contributed by atoms with van der Waals surface area (Å²) >= 11 is 6.32. The second-order valence-electron chi connectivity index (χ2n) is 4.45. The summed E-state index contributed by atoms with van der Waals surface area (Å²) in [6.45, 7) is 0. The van der Waals surface area contributed by atoms with Crippen LogP contribution in [0.5, 0.6) is 17.2 Å². The second-order valence-corrected chi connectivity index (χ2v) is 4.86. The van der Waals surface area contributed by atoms with Crippen LogP contribution in [0.25, 0.3) is 0 Å². The Balaban J connectivity index is 2.50. The lowest BCUT2D eigenvalue weighted by atomic mass is 9.98. The number of benzene rings is 2. The van der Waals surface area contributed by atoms with Gasteiger partial charge in [-0.1, -0.05) is 29.8 Å². The van der Waals surface area contributed by atoms with Gasteiger partial charge in [0, 0.05) is 16.7 Å². The third-order valence-electron chi connectivity index (χ3n) is 3.31. The fourth-order valence-electron chi connectivity index (χ4n) is 2.20. The van der Waals surface area contributed by atoms with Gasteiger partial charge in [-0.2, -0.15) is 0 Å². The van der Waals surface area contributed by atoms with E-state index in [0.717, 1.165) is 16.9 Å². The number of methoxy groups -OCH3 is 3. The summed E-state index contributed by atoms with van der Waals surface area (Å²) in [5, 5.41) is 0.519. The third kappa shape index (κ3) is 3.06. The number of nitrogens with two attached hydrogens (primary N) is 1. The summed E-state index contributed by atoms with van der Waals surface area (Å²) < 4.78 is 15.9. The van der Waals surface area contributed by atoms with Gasteiger partial charge in [0.1, 0.15) is 5.75 Å². The van der Waals surface area contributed by atoms with Crippen LogP contribution >= 0.6 is 11.6 Å². The van der Waals surface area contributed by atoms with Gasteiger partial charge in [0.05, 0.1) is 27.4 Å². The Hall–Kier alpha value is -1.91. The van der Waals surface area contributed by atoms with E-state index in [-0.39, 0.29) is 0 Å². The molecule has 0 radical (unpaired) electrons. The van der Waals surface area contributed by atoms with Gasteiger partial charge in [-0.25, -0.2) is 0 Å². The summed E-state index contributed by atoms with van der Waals surface area (Å²) in [6, 6.07) is 10.6. The first-order chi connectivity index (χ1) is 10.1. The number of rotatable bonds is 5. The zero-order valence-electron chi connectivity index (χ0n) is 12.2. The molecule has 2 aromatic rings. The Morgan fingerprint density at radius 1 is 0.857 bits per heavy atom. The first-order valence-corrected chi connectivity index (χ1v) is 6.80. The molecule has 5 heteroatoms. The van der Waals surface area contributed by atoms with Crippen molar-refractivity contribution < 1.29 is 14.2 Å². The fourth-order valence-corrected chi connectivity index (χ4v) is 2.47. The van der Waals surface area contributed by atoms with E-state index in [1.165, 1.54) is 0 Å². The molecule has 0 aromatic heterocycles. The highest BCUT2D eigenvalue weighted by Gasteiger charge is 2.19. The van der Waals surface area contributed by atoms with Crippen molar-refractivity contribution >= 4 is 11.6 Å². The third-order valence-corrected chi connectivity index (χ3v) is 3.64. The number of para-hydroxylation sites is 1. The van der Waals surface area contributed by atoms with E-state index in [1.54, 1.807) is 33.5 Å². The Morgan fingerprint density at radius 3 is 2.05 bits per heavy atom. The monoisotopic (exact) mass is 307 g/mol. The topological polar surface area (TPSA) is 53.7 Å². The second kappa shape index (κ2) is 6.70. The van der Waals surface area contributed by atoms with Crippen LogP contribution < -0.4 is 19.9 Å². The van der Waals surface area contributed by atoms with Gasteiger partial charge in [-0.05, 0) is 17.7 Å². The molecule has 21 heavy (non-hydrogen) atoms. The lowest BCUT2D eigenvalue weighted by Crippen LogP contribution is -2.14. The molecule has 0 aliphatic carbocycles. The van der Waals surface area contributed by atoms with E-state index in [9.17, 15) is 0 Å². The van der Waals surface area contributed by atoms with E-state index in [4.69, 9.17) is 31.5 Å². The largest absolute Gasteiger partial charge is 0.496 e.